The number of rotatable bonds is 16. The van der Waals surface area contributed by atoms with Crippen LogP contribution >= 0.6 is 0 Å². The molecular weight excluding hydrogens is 849 g/mol. The van der Waals surface area contributed by atoms with Crippen LogP contribution in [0.15, 0.2) is 91.0 Å². The fourth-order valence-corrected chi connectivity index (χ4v) is 9.28. The van der Waals surface area contributed by atoms with Crippen LogP contribution in [0.25, 0.3) is 0 Å². The number of benzene rings is 4. The van der Waals surface area contributed by atoms with Gasteiger partial charge in [0.25, 0.3) is 6.29 Å². The van der Waals surface area contributed by atoms with Crippen molar-refractivity contribution < 1.29 is 72.3 Å². The molecule has 3 amide bonds. The summed E-state index contributed by atoms with van der Waals surface area (Å²) in [4.78, 5) is 36.6. The predicted octanol–water partition coefficient (Wildman–Crippen LogP) is 2.96. The van der Waals surface area contributed by atoms with Gasteiger partial charge < -0.3 is 80.1 Å². The van der Waals surface area contributed by atoms with Crippen LogP contribution in [-0.4, -0.2) is 111 Å². The summed E-state index contributed by atoms with van der Waals surface area (Å²) in [5.41, 5.74) is 8.97. The van der Waals surface area contributed by atoms with Crippen molar-refractivity contribution in [2.45, 2.75) is 73.2 Å². The molecule has 4 aromatic carbocycles. The monoisotopic (exact) mass is 900 g/mol. The average molecular weight is 901 g/mol. The summed E-state index contributed by atoms with van der Waals surface area (Å²) in [6, 6.07) is 23.9. The molecule has 9 N–H and O–H groups in total. The number of methoxy groups -OCH3 is 3. The fraction of sp³-hybridized carbons (Fsp3) is 0.413. The summed E-state index contributed by atoms with van der Waals surface area (Å²) in [5, 5.41) is 41.1. The van der Waals surface area contributed by atoms with E-state index in [1.54, 1.807) is 78.9 Å². The number of aliphatic carboxylic acids is 1. The second-order valence-corrected chi connectivity index (χ2v) is 16.1. The lowest BCUT2D eigenvalue weighted by atomic mass is 9.70. The first kappa shape index (κ1) is 45.5. The molecule has 11 atom stereocenters. The van der Waals surface area contributed by atoms with Crippen molar-refractivity contribution in [3.8, 4) is 23.0 Å². The molecule has 3 fully saturated rings. The maximum atomic E-state index is 13.1. The van der Waals surface area contributed by atoms with Crippen molar-refractivity contribution in [3.05, 3.63) is 113 Å². The van der Waals surface area contributed by atoms with Crippen molar-refractivity contribution >= 4 is 23.6 Å². The number of hydrogen-bond acceptors (Lipinski definition) is 15. The largest absolute Gasteiger partial charge is 0.497 e. The minimum Gasteiger partial charge on any atom is -0.497 e. The Kier molecular flexibility index (Phi) is 13.2. The van der Waals surface area contributed by atoms with Gasteiger partial charge in [0.05, 0.1) is 45.0 Å². The average Bonchev–Trinajstić information content (AvgIpc) is 3.96. The molecule has 2 saturated heterocycles. The lowest BCUT2D eigenvalue weighted by Crippen LogP contribution is -2.52. The van der Waals surface area contributed by atoms with Gasteiger partial charge in [0.1, 0.15) is 41.3 Å². The number of carboxylic acid groups (broad SMARTS) is 1. The molecular formula is C46H52N4O15. The number of carbonyl (C=O) groups is 3. The number of aliphatic hydroxyl groups excluding tert-OH is 1. The number of amides is 3. The molecule has 346 valence electrons. The second-order valence-electron chi connectivity index (χ2n) is 16.1. The van der Waals surface area contributed by atoms with Gasteiger partial charge in [-0.2, -0.15) is 0 Å². The van der Waals surface area contributed by atoms with Gasteiger partial charge in [-0.3, -0.25) is 9.59 Å². The summed E-state index contributed by atoms with van der Waals surface area (Å²) in [5.74, 6) is -3.54. The molecule has 8 rings (SSSR count). The van der Waals surface area contributed by atoms with E-state index in [9.17, 15) is 29.7 Å². The third kappa shape index (κ3) is 8.41. The number of carbonyl (C=O) groups excluding carboxylic acids is 2. The smallest absolute Gasteiger partial charge is 0.312 e. The molecule has 1 aliphatic carbocycles. The van der Waals surface area contributed by atoms with Crippen molar-refractivity contribution in [2.75, 3.05) is 46.4 Å². The SMILES string of the molecule is COc1ccc([C@@]23Oc4cc(O[C@@H]5O[C@@H]([C@H]6COC(c7ccc(NC(=O)C(N)CCCNC(N)=O)cc7)O6)CO[C@H]5OC)cc(OC)c4[C@]2(O)[C@H](O)[C@H](C(=O)O)[C@H]3c2ccccc2)cc1. The molecule has 19 nitrogen and oxygen atoms in total. The third-order valence-corrected chi connectivity index (χ3v) is 12.3. The lowest BCUT2D eigenvalue weighted by Gasteiger charge is -2.40. The maximum Gasteiger partial charge on any atom is 0.312 e. The van der Waals surface area contributed by atoms with Crippen LogP contribution in [0.3, 0.4) is 0 Å². The number of nitrogens with one attached hydrogen (secondary N) is 2. The van der Waals surface area contributed by atoms with Crippen LogP contribution in [-0.2, 0) is 44.5 Å². The molecule has 65 heavy (non-hydrogen) atoms. The van der Waals surface area contributed by atoms with E-state index < -0.39 is 78.3 Å². The Labute approximate surface area is 373 Å². The molecule has 2 unspecified atom stereocenters. The van der Waals surface area contributed by atoms with Gasteiger partial charge in [-0.15, -0.1) is 0 Å². The number of ether oxygens (including phenoxy) is 9. The number of nitrogens with two attached hydrogens (primary N) is 2. The van der Waals surface area contributed by atoms with E-state index in [1.165, 1.54) is 33.5 Å². The van der Waals surface area contributed by atoms with E-state index >= 15 is 0 Å². The highest BCUT2D eigenvalue weighted by Crippen LogP contribution is 2.70. The number of primary amides is 1. The van der Waals surface area contributed by atoms with E-state index in [2.05, 4.69) is 10.6 Å². The molecule has 0 bridgehead atoms. The van der Waals surface area contributed by atoms with Crippen LogP contribution in [0.1, 0.15) is 47.3 Å². The third-order valence-electron chi connectivity index (χ3n) is 12.3. The predicted molar refractivity (Wildman–Crippen MR) is 228 cm³/mol. The van der Waals surface area contributed by atoms with Gasteiger partial charge in [-0.05, 0) is 48.2 Å². The first-order valence-corrected chi connectivity index (χ1v) is 21.0. The molecule has 4 aromatic rings. The number of aliphatic hydroxyl groups is 2. The van der Waals surface area contributed by atoms with Gasteiger partial charge in [-0.25, -0.2) is 4.79 Å². The van der Waals surface area contributed by atoms with Crippen LogP contribution in [0.5, 0.6) is 23.0 Å². The Morgan fingerprint density at radius 3 is 2.23 bits per heavy atom. The molecule has 0 spiro atoms. The summed E-state index contributed by atoms with van der Waals surface area (Å²) in [6.45, 7) is 0.530. The van der Waals surface area contributed by atoms with Gasteiger partial charge in [0, 0.05) is 43.0 Å². The Morgan fingerprint density at radius 1 is 0.862 bits per heavy atom. The number of urea groups is 1. The van der Waals surface area contributed by atoms with Crippen molar-refractivity contribution in [3.63, 3.8) is 0 Å². The lowest BCUT2D eigenvalue weighted by molar-refractivity contribution is -0.323. The molecule has 3 aliphatic heterocycles. The highest BCUT2D eigenvalue weighted by atomic mass is 16.8. The van der Waals surface area contributed by atoms with Gasteiger partial charge >= 0.3 is 12.0 Å². The van der Waals surface area contributed by atoms with Gasteiger partial charge in [-0.1, -0.05) is 54.6 Å². The molecule has 3 heterocycles. The Bertz CT molecular complexity index is 2340. The molecule has 19 heteroatoms. The molecule has 0 aromatic heterocycles. The zero-order valence-electron chi connectivity index (χ0n) is 35.8. The number of hydrogen-bond donors (Lipinski definition) is 7. The van der Waals surface area contributed by atoms with Gasteiger partial charge in [0.2, 0.25) is 12.2 Å². The summed E-state index contributed by atoms with van der Waals surface area (Å²) >= 11 is 0. The first-order valence-electron chi connectivity index (χ1n) is 21.0. The van der Waals surface area contributed by atoms with Crippen LogP contribution in [0, 0.1) is 5.92 Å². The van der Waals surface area contributed by atoms with Crippen LogP contribution in [0.2, 0.25) is 0 Å². The summed E-state index contributed by atoms with van der Waals surface area (Å²) in [7, 11) is 4.32. The number of fused-ring (bicyclic) bond motifs is 3. The van der Waals surface area contributed by atoms with Crippen molar-refractivity contribution in [2.24, 2.45) is 17.4 Å². The topological polar surface area (TPSA) is 271 Å². The molecule has 1 saturated carbocycles. The van der Waals surface area contributed by atoms with E-state index in [1.807, 2.05) is 0 Å². The van der Waals surface area contributed by atoms with E-state index in [0.29, 0.717) is 47.5 Å². The first-order chi connectivity index (χ1) is 31.3. The minimum absolute atomic E-state index is 0.0374. The zero-order chi connectivity index (χ0) is 46.0. The van der Waals surface area contributed by atoms with Crippen LogP contribution in [0.4, 0.5) is 10.5 Å². The highest BCUT2D eigenvalue weighted by molar-refractivity contribution is 5.94. The summed E-state index contributed by atoms with van der Waals surface area (Å²) < 4.78 is 54.9. The number of carboxylic acids is 1. The number of anilines is 1. The highest BCUT2D eigenvalue weighted by Gasteiger charge is 2.78. The van der Waals surface area contributed by atoms with E-state index in [0.717, 1.165) is 0 Å². The maximum absolute atomic E-state index is 13.1. The van der Waals surface area contributed by atoms with Crippen molar-refractivity contribution in [1.29, 1.82) is 0 Å². The molecule has 4 aliphatic rings. The Hall–Kier alpha value is -6.03. The normalized spacial score (nSPS) is 29.4. The second kappa shape index (κ2) is 18.8. The summed E-state index contributed by atoms with van der Waals surface area (Å²) in [6.07, 6.45) is -5.25. The van der Waals surface area contributed by atoms with Crippen molar-refractivity contribution in [1.82, 2.24) is 5.32 Å². The minimum atomic E-state index is -2.36. The molecule has 0 radical (unpaired) electrons. The standard InChI is InChI=1S/C46H52N4O15/c1-57-28-17-13-26(14-18-28)46-36(24-8-5-4-6-9-24)35(40(53)54)38(51)45(46,56)37-31(58-2)20-29(21-32(37)65-46)62-43-42(59-3)61-23-34(64-43)33-22-60-41(63-33)25-11-15-27(16-12-25)50-39(52)30(47)10-7-19-49-44(48)55/h4-6,8-9,11-18,20-21,30,33-36,38,41-43,51,56H,7,10,19,22-23,47H2,1-3H3,(H,50,52)(H,53,54)(H3,48,49,55)/t30?,33-,34-,35-,36-,38-,41?,42-,43-,45+,46+/m1/s1. The van der Waals surface area contributed by atoms with Crippen LogP contribution < -0.4 is 41.0 Å². The van der Waals surface area contributed by atoms with Gasteiger partial charge in [0.15, 0.2) is 17.5 Å². The van der Waals surface area contributed by atoms with E-state index in [4.69, 9.17) is 54.1 Å². The van der Waals surface area contributed by atoms with E-state index in [-0.39, 0.29) is 41.9 Å². The Balaban J connectivity index is 1.00. The quantitative estimate of drug-likeness (QED) is 0.0797. The zero-order valence-corrected chi connectivity index (χ0v) is 35.8. The fourth-order valence-electron chi connectivity index (χ4n) is 9.28. The Morgan fingerprint density at radius 2 is 1.57 bits per heavy atom.